The molecule has 1 aromatic carbocycles. The molecular formula is C19H22N2O2S. The zero-order valence-corrected chi connectivity index (χ0v) is 14.7. The molecule has 2 amide bonds. The molecule has 0 radical (unpaired) electrons. The maximum absolute atomic E-state index is 12.4. The van der Waals surface area contributed by atoms with Crippen molar-refractivity contribution in [2.45, 2.75) is 32.6 Å². The number of carbonyl (C=O) groups excluding carboxylic acids is 2. The van der Waals surface area contributed by atoms with Crippen LogP contribution in [0.4, 0.5) is 5.69 Å². The van der Waals surface area contributed by atoms with Crippen LogP contribution in [-0.2, 0) is 22.4 Å². The van der Waals surface area contributed by atoms with Crippen LogP contribution in [0.1, 0.15) is 28.2 Å². The van der Waals surface area contributed by atoms with Gasteiger partial charge in [0.2, 0.25) is 11.8 Å². The van der Waals surface area contributed by atoms with Crippen LogP contribution >= 0.6 is 11.3 Å². The van der Waals surface area contributed by atoms with Gasteiger partial charge in [0.05, 0.1) is 6.42 Å². The number of carbonyl (C=O) groups is 2. The first-order valence-corrected chi connectivity index (χ1v) is 9.15. The van der Waals surface area contributed by atoms with E-state index in [1.165, 1.54) is 10.4 Å². The molecule has 5 heteroatoms. The Labute approximate surface area is 146 Å². The highest BCUT2D eigenvalue weighted by atomic mass is 32.1. The lowest BCUT2D eigenvalue weighted by Gasteiger charge is -2.17. The number of benzene rings is 1. The minimum atomic E-state index is 0.0239. The summed E-state index contributed by atoms with van der Waals surface area (Å²) in [5.41, 5.74) is 2.28. The van der Waals surface area contributed by atoms with Crippen LogP contribution in [0.3, 0.4) is 0 Å². The Kier molecular flexibility index (Phi) is 5.30. The Morgan fingerprint density at radius 3 is 2.83 bits per heavy atom. The van der Waals surface area contributed by atoms with Crippen molar-refractivity contribution < 1.29 is 9.59 Å². The van der Waals surface area contributed by atoms with Crippen molar-refractivity contribution in [2.75, 3.05) is 18.0 Å². The quantitative estimate of drug-likeness (QED) is 0.820. The Morgan fingerprint density at radius 2 is 2.04 bits per heavy atom. The molecule has 0 fully saturated rings. The lowest BCUT2D eigenvalue weighted by Crippen LogP contribution is -2.30. The summed E-state index contributed by atoms with van der Waals surface area (Å²) in [6, 6.07) is 12.1. The Hall–Kier alpha value is -2.14. The molecule has 0 unspecified atom stereocenters. The highest BCUT2D eigenvalue weighted by Gasteiger charge is 2.23. The summed E-state index contributed by atoms with van der Waals surface area (Å²) in [6.07, 6.45) is 2.49. The molecule has 0 aliphatic carbocycles. The third kappa shape index (κ3) is 4.03. The standard InChI is InChI=1S/C19H22N2O2S/c1-14-8-9-16(24-14)13-18(22)20-11-4-7-19(23)21-12-10-15-5-2-3-6-17(15)21/h2-3,5-6,8-9H,4,7,10-13H2,1H3,(H,20,22). The summed E-state index contributed by atoms with van der Waals surface area (Å²) in [4.78, 5) is 28.4. The van der Waals surface area contributed by atoms with E-state index in [9.17, 15) is 9.59 Å². The van der Waals surface area contributed by atoms with Gasteiger partial charge in [0.25, 0.3) is 0 Å². The number of rotatable bonds is 6. The van der Waals surface area contributed by atoms with Crippen LogP contribution in [0.5, 0.6) is 0 Å². The number of anilines is 1. The van der Waals surface area contributed by atoms with Crippen molar-refractivity contribution in [1.82, 2.24) is 5.32 Å². The van der Waals surface area contributed by atoms with Crippen molar-refractivity contribution in [3.8, 4) is 0 Å². The number of amides is 2. The third-order valence-electron chi connectivity index (χ3n) is 4.21. The molecule has 0 bridgehead atoms. The van der Waals surface area contributed by atoms with Crippen LogP contribution in [0.2, 0.25) is 0 Å². The largest absolute Gasteiger partial charge is 0.356 e. The third-order valence-corrected chi connectivity index (χ3v) is 5.21. The van der Waals surface area contributed by atoms with E-state index in [1.54, 1.807) is 11.3 Å². The molecule has 0 spiro atoms. The number of aryl methyl sites for hydroxylation is 1. The van der Waals surface area contributed by atoms with E-state index in [-0.39, 0.29) is 11.8 Å². The van der Waals surface area contributed by atoms with E-state index >= 15 is 0 Å². The average molecular weight is 342 g/mol. The van der Waals surface area contributed by atoms with Gasteiger partial charge in [0, 0.05) is 35.0 Å². The fourth-order valence-electron chi connectivity index (χ4n) is 3.00. The zero-order valence-electron chi connectivity index (χ0n) is 13.9. The molecule has 2 heterocycles. The molecular weight excluding hydrogens is 320 g/mol. The predicted molar refractivity (Wildman–Crippen MR) is 97.5 cm³/mol. The van der Waals surface area contributed by atoms with Gasteiger partial charge in [0.1, 0.15) is 0 Å². The van der Waals surface area contributed by atoms with Gasteiger partial charge in [-0.1, -0.05) is 18.2 Å². The van der Waals surface area contributed by atoms with Gasteiger partial charge < -0.3 is 10.2 Å². The second-order valence-electron chi connectivity index (χ2n) is 6.07. The molecule has 3 rings (SSSR count). The Bertz CT molecular complexity index is 738. The maximum Gasteiger partial charge on any atom is 0.227 e. The number of nitrogens with one attached hydrogen (secondary N) is 1. The fourth-order valence-corrected chi connectivity index (χ4v) is 3.89. The number of nitrogens with zero attached hydrogens (tertiary/aromatic N) is 1. The Balaban J connectivity index is 1.39. The molecule has 4 nitrogen and oxygen atoms in total. The van der Waals surface area contributed by atoms with Crippen molar-refractivity contribution in [3.05, 3.63) is 51.7 Å². The monoisotopic (exact) mass is 342 g/mol. The molecule has 24 heavy (non-hydrogen) atoms. The summed E-state index contributed by atoms with van der Waals surface area (Å²) >= 11 is 1.65. The van der Waals surface area contributed by atoms with Crippen LogP contribution in [0.25, 0.3) is 0 Å². The van der Waals surface area contributed by atoms with Crippen LogP contribution in [-0.4, -0.2) is 24.9 Å². The second-order valence-corrected chi connectivity index (χ2v) is 7.44. The zero-order chi connectivity index (χ0) is 16.9. The van der Waals surface area contributed by atoms with Gasteiger partial charge in [-0.15, -0.1) is 11.3 Å². The number of hydrogen-bond acceptors (Lipinski definition) is 3. The summed E-state index contributed by atoms with van der Waals surface area (Å²) < 4.78 is 0. The first-order chi connectivity index (χ1) is 11.6. The van der Waals surface area contributed by atoms with Gasteiger partial charge in [-0.3, -0.25) is 9.59 Å². The van der Waals surface area contributed by atoms with Gasteiger partial charge >= 0.3 is 0 Å². The molecule has 1 aromatic heterocycles. The SMILES string of the molecule is Cc1ccc(CC(=O)NCCCC(=O)N2CCc3ccccc32)s1. The molecule has 2 aromatic rings. The topological polar surface area (TPSA) is 49.4 Å². The van der Waals surface area contributed by atoms with E-state index in [0.29, 0.717) is 25.8 Å². The van der Waals surface area contributed by atoms with Gasteiger partial charge in [-0.25, -0.2) is 0 Å². The summed E-state index contributed by atoms with van der Waals surface area (Å²) in [5.74, 6) is 0.166. The normalized spacial score (nSPS) is 13.0. The van der Waals surface area contributed by atoms with E-state index in [2.05, 4.69) is 11.4 Å². The van der Waals surface area contributed by atoms with Crippen molar-refractivity contribution in [3.63, 3.8) is 0 Å². The first-order valence-electron chi connectivity index (χ1n) is 8.34. The molecule has 1 aliphatic heterocycles. The number of thiophene rings is 1. The number of fused-ring (bicyclic) bond motifs is 1. The van der Waals surface area contributed by atoms with Crippen LogP contribution < -0.4 is 10.2 Å². The van der Waals surface area contributed by atoms with Crippen molar-refractivity contribution in [1.29, 1.82) is 0 Å². The summed E-state index contributed by atoms with van der Waals surface area (Å²) in [7, 11) is 0. The molecule has 1 N–H and O–H groups in total. The molecule has 0 saturated carbocycles. The lowest BCUT2D eigenvalue weighted by molar-refractivity contribution is -0.121. The minimum absolute atomic E-state index is 0.0239. The van der Waals surface area contributed by atoms with Gasteiger partial charge in [-0.2, -0.15) is 0 Å². The Morgan fingerprint density at radius 1 is 1.21 bits per heavy atom. The maximum atomic E-state index is 12.4. The second kappa shape index (κ2) is 7.62. The smallest absolute Gasteiger partial charge is 0.227 e. The van der Waals surface area contributed by atoms with E-state index in [4.69, 9.17) is 0 Å². The first kappa shape index (κ1) is 16.7. The molecule has 1 aliphatic rings. The molecule has 0 atom stereocenters. The lowest BCUT2D eigenvalue weighted by atomic mass is 10.2. The molecule has 126 valence electrons. The molecule has 0 saturated heterocycles. The fraction of sp³-hybridized carbons (Fsp3) is 0.368. The summed E-state index contributed by atoms with van der Waals surface area (Å²) in [6.45, 7) is 3.35. The highest BCUT2D eigenvalue weighted by Crippen LogP contribution is 2.27. The minimum Gasteiger partial charge on any atom is -0.356 e. The summed E-state index contributed by atoms with van der Waals surface area (Å²) in [5, 5.41) is 2.90. The number of para-hydroxylation sites is 1. The highest BCUT2D eigenvalue weighted by molar-refractivity contribution is 7.12. The van der Waals surface area contributed by atoms with E-state index in [1.807, 2.05) is 42.2 Å². The van der Waals surface area contributed by atoms with E-state index < -0.39 is 0 Å². The predicted octanol–water partition coefficient (Wildman–Crippen LogP) is 3.08. The van der Waals surface area contributed by atoms with Gasteiger partial charge in [-0.05, 0) is 43.5 Å². The van der Waals surface area contributed by atoms with E-state index in [0.717, 1.165) is 23.5 Å². The van der Waals surface area contributed by atoms with Crippen LogP contribution in [0.15, 0.2) is 36.4 Å². The van der Waals surface area contributed by atoms with Crippen LogP contribution in [0, 0.1) is 6.92 Å². The van der Waals surface area contributed by atoms with Gasteiger partial charge in [0.15, 0.2) is 0 Å². The average Bonchev–Trinajstić information content (AvgIpc) is 3.17. The van der Waals surface area contributed by atoms with Crippen molar-refractivity contribution >= 4 is 28.8 Å². The number of hydrogen-bond donors (Lipinski definition) is 1. The van der Waals surface area contributed by atoms with Crippen molar-refractivity contribution in [2.24, 2.45) is 0 Å².